The second-order valence-corrected chi connectivity index (χ2v) is 4.57. The van der Waals surface area contributed by atoms with E-state index >= 15 is 0 Å². The van der Waals surface area contributed by atoms with Gasteiger partial charge >= 0.3 is 6.18 Å². The summed E-state index contributed by atoms with van der Waals surface area (Å²) in [4.78, 5) is 3.84. The average molecular weight is 279 g/mol. The maximum absolute atomic E-state index is 13.2. The van der Waals surface area contributed by atoms with E-state index in [9.17, 15) is 13.2 Å². The van der Waals surface area contributed by atoms with Crippen molar-refractivity contribution < 1.29 is 22.4 Å². The molecule has 0 amide bonds. The molecule has 1 aromatic rings. The number of nitrogens with one attached hydrogen (secondary N) is 1. The first-order valence-electron chi connectivity index (χ1n) is 6.18. The minimum Gasteiger partial charge on any atom is -0.373 e. The Hall–Kier alpha value is -1.15. The zero-order valence-electron chi connectivity index (χ0n) is 10.6. The molecule has 1 aliphatic rings. The monoisotopic (exact) mass is 279 g/mol. The third-order valence-corrected chi connectivity index (χ3v) is 3.16. The van der Waals surface area contributed by atoms with Crippen molar-refractivity contribution in [3.05, 3.63) is 11.7 Å². The number of hydrogen-bond acceptors (Lipinski definition) is 5. The molecule has 1 fully saturated rings. The molecule has 5 nitrogen and oxygen atoms in total. The van der Waals surface area contributed by atoms with Gasteiger partial charge in [0.1, 0.15) is 6.61 Å². The summed E-state index contributed by atoms with van der Waals surface area (Å²) < 4.78 is 49.6. The molecule has 2 heterocycles. The molecule has 1 atom stereocenters. The van der Waals surface area contributed by atoms with Crippen molar-refractivity contribution in [3.8, 4) is 0 Å². The van der Waals surface area contributed by atoms with E-state index in [1.807, 2.05) is 6.92 Å². The van der Waals surface area contributed by atoms with E-state index in [0.29, 0.717) is 6.61 Å². The predicted octanol–water partition coefficient (Wildman–Crippen LogP) is 1.79. The highest BCUT2D eigenvalue weighted by molar-refractivity contribution is 5.14. The number of hydrogen-bond donors (Lipinski definition) is 1. The van der Waals surface area contributed by atoms with Crippen LogP contribution in [-0.4, -0.2) is 36.0 Å². The SMILES string of the molecule is CCCOCc1noc(C2(C(F)(F)F)CCNC2)n1. The molecule has 0 radical (unpaired) electrons. The Bertz CT molecular complexity index is 414. The van der Waals surface area contributed by atoms with Crippen LogP contribution in [0, 0.1) is 0 Å². The van der Waals surface area contributed by atoms with Crippen molar-refractivity contribution in [3.63, 3.8) is 0 Å². The van der Waals surface area contributed by atoms with Crippen molar-refractivity contribution in [2.24, 2.45) is 0 Å². The Balaban J connectivity index is 2.15. The quantitative estimate of drug-likeness (QED) is 0.833. The van der Waals surface area contributed by atoms with Crippen LogP contribution in [0.3, 0.4) is 0 Å². The van der Waals surface area contributed by atoms with Crippen LogP contribution in [0.4, 0.5) is 13.2 Å². The maximum Gasteiger partial charge on any atom is 0.404 e. The van der Waals surface area contributed by atoms with Gasteiger partial charge in [-0.2, -0.15) is 18.2 Å². The van der Waals surface area contributed by atoms with Crippen LogP contribution in [0.5, 0.6) is 0 Å². The van der Waals surface area contributed by atoms with E-state index in [1.54, 1.807) is 0 Å². The van der Waals surface area contributed by atoms with Crippen molar-refractivity contribution in [2.45, 2.75) is 38.0 Å². The van der Waals surface area contributed by atoms with Crippen LogP contribution in [0.25, 0.3) is 0 Å². The normalized spacial score (nSPS) is 24.0. The minimum atomic E-state index is -4.41. The lowest BCUT2D eigenvalue weighted by atomic mass is 9.86. The molecule has 1 aliphatic heterocycles. The van der Waals surface area contributed by atoms with Gasteiger partial charge in [0.2, 0.25) is 5.89 Å². The Kier molecular flexibility index (Phi) is 4.10. The Morgan fingerprint density at radius 2 is 2.26 bits per heavy atom. The molecular weight excluding hydrogens is 263 g/mol. The molecular formula is C11H16F3N3O2. The van der Waals surface area contributed by atoms with E-state index in [-0.39, 0.29) is 37.8 Å². The third-order valence-electron chi connectivity index (χ3n) is 3.16. The molecule has 0 saturated carbocycles. The Morgan fingerprint density at radius 1 is 1.47 bits per heavy atom. The number of aromatic nitrogens is 2. The molecule has 0 spiro atoms. The summed E-state index contributed by atoms with van der Waals surface area (Å²) in [5.74, 6) is -0.223. The van der Waals surface area contributed by atoms with Gasteiger partial charge in [-0.25, -0.2) is 0 Å². The van der Waals surface area contributed by atoms with Gasteiger partial charge in [0.25, 0.3) is 0 Å². The molecule has 0 aliphatic carbocycles. The van der Waals surface area contributed by atoms with E-state index in [0.717, 1.165) is 6.42 Å². The van der Waals surface area contributed by atoms with E-state index < -0.39 is 11.6 Å². The zero-order chi connectivity index (χ0) is 13.9. The molecule has 2 rings (SSSR count). The van der Waals surface area contributed by atoms with Gasteiger partial charge in [0.05, 0.1) is 0 Å². The molecule has 8 heteroatoms. The van der Waals surface area contributed by atoms with Gasteiger partial charge in [-0.1, -0.05) is 12.1 Å². The zero-order valence-corrected chi connectivity index (χ0v) is 10.6. The largest absolute Gasteiger partial charge is 0.404 e. The first-order valence-corrected chi connectivity index (χ1v) is 6.18. The highest BCUT2D eigenvalue weighted by Crippen LogP contribution is 2.44. The molecule has 19 heavy (non-hydrogen) atoms. The highest BCUT2D eigenvalue weighted by atomic mass is 19.4. The lowest BCUT2D eigenvalue weighted by Crippen LogP contribution is -2.44. The summed E-state index contributed by atoms with van der Waals surface area (Å²) in [6, 6.07) is 0. The van der Waals surface area contributed by atoms with Gasteiger partial charge < -0.3 is 14.6 Å². The second-order valence-electron chi connectivity index (χ2n) is 4.57. The van der Waals surface area contributed by atoms with E-state index in [2.05, 4.69) is 15.5 Å². The van der Waals surface area contributed by atoms with Crippen molar-refractivity contribution >= 4 is 0 Å². The van der Waals surface area contributed by atoms with Crippen LogP contribution in [0.2, 0.25) is 0 Å². The molecule has 1 saturated heterocycles. The highest BCUT2D eigenvalue weighted by Gasteiger charge is 2.61. The Morgan fingerprint density at radius 3 is 2.84 bits per heavy atom. The third kappa shape index (κ3) is 2.74. The van der Waals surface area contributed by atoms with Gasteiger partial charge in [-0.05, 0) is 19.4 Å². The van der Waals surface area contributed by atoms with Crippen LogP contribution in [-0.2, 0) is 16.8 Å². The van der Waals surface area contributed by atoms with Crippen LogP contribution < -0.4 is 5.32 Å². The smallest absolute Gasteiger partial charge is 0.373 e. The molecule has 1 unspecified atom stereocenters. The summed E-state index contributed by atoms with van der Waals surface area (Å²) in [5.41, 5.74) is -2.07. The number of alkyl halides is 3. The molecule has 1 N–H and O–H groups in total. The number of halogens is 3. The number of rotatable bonds is 5. The Labute approximate surface area is 108 Å². The number of nitrogens with zero attached hydrogens (tertiary/aromatic N) is 2. The van der Waals surface area contributed by atoms with Gasteiger partial charge in [-0.15, -0.1) is 0 Å². The summed E-state index contributed by atoms with van der Waals surface area (Å²) in [5, 5.41) is 6.25. The van der Waals surface area contributed by atoms with Gasteiger partial charge in [0, 0.05) is 13.2 Å². The average Bonchev–Trinajstić information content (AvgIpc) is 2.97. The van der Waals surface area contributed by atoms with Crippen LogP contribution >= 0.6 is 0 Å². The summed E-state index contributed by atoms with van der Waals surface area (Å²) in [6.45, 7) is 2.57. The predicted molar refractivity (Wildman–Crippen MR) is 59.5 cm³/mol. The first kappa shape index (κ1) is 14.3. The van der Waals surface area contributed by atoms with E-state index in [4.69, 9.17) is 9.26 Å². The van der Waals surface area contributed by atoms with Crippen molar-refractivity contribution in [1.82, 2.24) is 15.5 Å². The van der Waals surface area contributed by atoms with E-state index in [1.165, 1.54) is 0 Å². The minimum absolute atomic E-state index is 0.0682. The van der Waals surface area contributed by atoms with Gasteiger partial charge in [0.15, 0.2) is 11.2 Å². The first-order chi connectivity index (χ1) is 8.99. The van der Waals surface area contributed by atoms with Crippen LogP contribution in [0.1, 0.15) is 31.5 Å². The summed E-state index contributed by atoms with van der Waals surface area (Å²) >= 11 is 0. The molecule has 108 valence electrons. The topological polar surface area (TPSA) is 60.2 Å². The second kappa shape index (κ2) is 5.46. The summed E-state index contributed by atoms with van der Waals surface area (Å²) in [6.07, 6.45) is -3.68. The summed E-state index contributed by atoms with van der Waals surface area (Å²) in [7, 11) is 0. The molecule has 0 aromatic carbocycles. The fourth-order valence-corrected chi connectivity index (χ4v) is 2.05. The molecule has 1 aromatic heterocycles. The van der Waals surface area contributed by atoms with Crippen molar-refractivity contribution in [1.29, 1.82) is 0 Å². The fourth-order valence-electron chi connectivity index (χ4n) is 2.05. The fraction of sp³-hybridized carbons (Fsp3) is 0.818. The number of ether oxygens (including phenoxy) is 1. The lowest BCUT2D eigenvalue weighted by Gasteiger charge is -2.26. The standard InChI is InChI=1S/C11H16F3N3O2/c1-2-5-18-6-8-16-9(19-17-8)10(11(12,13)14)3-4-15-7-10/h15H,2-7H2,1H3. The van der Waals surface area contributed by atoms with Crippen LogP contribution in [0.15, 0.2) is 4.52 Å². The van der Waals surface area contributed by atoms with Gasteiger partial charge in [-0.3, -0.25) is 0 Å². The molecule has 0 bridgehead atoms. The van der Waals surface area contributed by atoms with Crippen molar-refractivity contribution in [2.75, 3.05) is 19.7 Å². The lowest BCUT2D eigenvalue weighted by molar-refractivity contribution is -0.191. The maximum atomic E-state index is 13.2.